The van der Waals surface area contributed by atoms with Gasteiger partial charge in [0.1, 0.15) is 12.3 Å². The normalized spacial score (nSPS) is 11.8. The number of amides is 1. The van der Waals surface area contributed by atoms with Crippen LogP contribution in [0.5, 0.6) is 0 Å². The van der Waals surface area contributed by atoms with Gasteiger partial charge in [-0.1, -0.05) is 18.2 Å². The molecule has 0 bridgehead atoms. The standard InChI is InChI=1S/C9H10N2O2/c10-8(6-12)9(13)11-7-4-2-1-3-5-7/h1-6,8H,10H2,(H,11,13). The highest BCUT2D eigenvalue weighted by molar-refractivity contribution is 6.03. The summed E-state index contributed by atoms with van der Waals surface area (Å²) in [6.45, 7) is 0. The van der Waals surface area contributed by atoms with Crippen LogP contribution in [0, 0.1) is 0 Å². The predicted molar refractivity (Wildman–Crippen MR) is 49.1 cm³/mol. The molecule has 13 heavy (non-hydrogen) atoms. The Labute approximate surface area is 75.7 Å². The zero-order valence-corrected chi connectivity index (χ0v) is 6.94. The number of benzene rings is 1. The molecule has 68 valence electrons. The maximum absolute atomic E-state index is 11.1. The van der Waals surface area contributed by atoms with Crippen molar-refractivity contribution in [2.24, 2.45) is 5.73 Å². The fraction of sp³-hybridized carbons (Fsp3) is 0.111. The first kappa shape index (κ1) is 9.41. The summed E-state index contributed by atoms with van der Waals surface area (Å²) in [5.41, 5.74) is 5.81. The summed E-state index contributed by atoms with van der Waals surface area (Å²) < 4.78 is 0. The maximum Gasteiger partial charge on any atom is 0.248 e. The molecule has 1 unspecified atom stereocenters. The van der Waals surface area contributed by atoms with Crippen molar-refractivity contribution in [1.82, 2.24) is 0 Å². The molecular weight excluding hydrogens is 168 g/mol. The third-order valence-corrected chi connectivity index (χ3v) is 1.49. The molecule has 1 aromatic carbocycles. The van der Waals surface area contributed by atoms with Gasteiger partial charge in [-0.3, -0.25) is 4.79 Å². The third-order valence-electron chi connectivity index (χ3n) is 1.49. The molecule has 0 spiro atoms. The summed E-state index contributed by atoms with van der Waals surface area (Å²) in [7, 11) is 0. The highest BCUT2D eigenvalue weighted by Crippen LogP contribution is 2.04. The number of nitrogens with two attached hydrogens (primary N) is 1. The van der Waals surface area contributed by atoms with Gasteiger partial charge < -0.3 is 15.8 Å². The number of carbonyl (C=O) groups excluding carboxylic acids is 2. The van der Waals surface area contributed by atoms with Crippen molar-refractivity contribution in [2.75, 3.05) is 5.32 Å². The van der Waals surface area contributed by atoms with Gasteiger partial charge >= 0.3 is 0 Å². The van der Waals surface area contributed by atoms with Crippen molar-refractivity contribution in [1.29, 1.82) is 0 Å². The van der Waals surface area contributed by atoms with Gasteiger partial charge in [0.2, 0.25) is 5.91 Å². The third kappa shape index (κ3) is 2.68. The zero-order chi connectivity index (χ0) is 9.68. The monoisotopic (exact) mass is 178 g/mol. The van der Waals surface area contributed by atoms with Crippen LogP contribution in [0.4, 0.5) is 5.69 Å². The molecule has 0 fully saturated rings. The van der Waals surface area contributed by atoms with E-state index >= 15 is 0 Å². The lowest BCUT2D eigenvalue weighted by Crippen LogP contribution is -2.36. The van der Waals surface area contributed by atoms with Crippen molar-refractivity contribution in [2.45, 2.75) is 6.04 Å². The summed E-state index contributed by atoms with van der Waals surface area (Å²) >= 11 is 0. The Morgan fingerprint density at radius 2 is 2.00 bits per heavy atom. The average Bonchev–Trinajstić information content (AvgIpc) is 2.18. The van der Waals surface area contributed by atoms with Gasteiger partial charge in [0.05, 0.1) is 0 Å². The van der Waals surface area contributed by atoms with Gasteiger partial charge in [0, 0.05) is 5.69 Å². The summed E-state index contributed by atoms with van der Waals surface area (Å²) in [5, 5.41) is 2.50. The van der Waals surface area contributed by atoms with Crippen molar-refractivity contribution in [3.05, 3.63) is 30.3 Å². The molecule has 0 aliphatic heterocycles. The number of para-hydroxylation sites is 1. The molecule has 1 aromatic rings. The maximum atomic E-state index is 11.1. The molecule has 1 amide bonds. The van der Waals surface area contributed by atoms with Gasteiger partial charge in [0.15, 0.2) is 0 Å². The number of nitrogens with one attached hydrogen (secondary N) is 1. The minimum Gasteiger partial charge on any atom is -0.324 e. The summed E-state index contributed by atoms with van der Waals surface area (Å²) in [5.74, 6) is -0.499. The second kappa shape index (κ2) is 4.37. The van der Waals surface area contributed by atoms with E-state index in [1.54, 1.807) is 24.3 Å². The molecule has 0 radical (unpaired) electrons. The molecule has 3 N–H and O–H groups in total. The van der Waals surface area contributed by atoms with Crippen LogP contribution in [0.2, 0.25) is 0 Å². The van der Waals surface area contributed by atoms with Crippen LogP contribution in [0.25, 0.3) is 0 Å². The lowest BCUT2D eigenvalue weighted by molar-refractivity contribution is -0.121. The van der Waals surface area contributed by atoms with Crippen molar-refractivity contribution < 1.29 is 9.59 Å². The van der Waals surface area contributed by atoms with Gasteiger partial charge in [0.25, 0.3) is 0 Å². The number of anilines is 1. The topological polar surface area (TPSA) is 72.2 Å². The van der Waals surface area contributed by atoms with E-state index in [1.165, 1.54) is 0 Å². The predicted octanol–water partition coefficient (Wildman–Crippen LogP) is 0.151. The molecule has 0 aliphatic rings. The highest BCUT2D eigenvalue weighted by Gasteiger charge is 2.10. The summed E-state index contributed by atoms with van der Waals surface area (Å²) in [6, 6.07) is 7.73. The summed E-state index contributed by atoms with van der Waals surface area (Å²) in [4.78, 5) is 21.2. The first-order valence-electron chi connectivity index (χ1n) is 3.81. The fourth-order valence-corrected chi connectivity index (χ4v) is 0.809. The number of hydrogen-bond acceptors (Lipinski definition) is 3. The van der Waals surface area contributed by atoms with Gasteiger partial charge in [-0.2, -0.15) is 0 Å². The second-order valence-electron chi connectivity index (χ2n) is 2.52. The van der Waals surface area contributed by atoms with Crippen molar-refractivity contribution in [3.63, 3.8) is 0 Å². The molecule has 1 atom stereocenters. The molecule has 0 aromatic heterocycles. The van der Waals surface area contributed by atoms with E-state index in [1.807, 2.05) is 6.07 Å². The number of rotatable bonds is 3. The minimum absolute atomic E-state index is 0.401. The first-order valence-corrected chi connectivity index (χ1v) is 3.81. The second-order valence-corrected chi connectivity index (χ2v) is 2.52. The van der Waals surface area contributed by atoms with Crippen LogP contribution in [0.15, 0.2) is 30.3 Å². The van der Waals surface area contributed by atoms with Crippen LogP contribution in [0.3, 0.4) is 0 Å². The van der Waals surface area contributed by atoms with Crippen molar-refractivity contribution >= 4 is 17.9 Å². The summed E-state index contributed by atoms with van der Waals surface area (Å²) in [6.07, 6.45) is 0.401. The largest absolute Gasteiger partial charge is 0.324 e. The van der Waals surface area contributed by atoms with Crippen molar-refractivity contribution in [3.8, 4) is 0 Å². The molecule has 0 heterocycles. The highest BCUT2D eigenvalue weighted by atomic mass is 16.2. The first-order chi connectivity index (χ1) is 6.24. The Bertz CT molecular complexity index is 298. The van der Waals surface area contributed by atoms with E-state index in [9.17, 15) is 9.59 Å². The van der Waals surface area contributed by atoms with E-state index < -0.39 is 11.9 Å². The van der Waals surface area contributed by atoms with E-state index in [4.69, 9.17) is 5.73 Å². The van der Waals surface area contributed by atoms with Crippen LogP contribution >= 0.6 is 0 Å². The SMILES string of the molecule is NC(C=O)C(=O)Nc1ccccc1. The zero-order valence-electron chi connectivity index (χ0n) is 6.94. The smallest absolute Gasteiger partial charge is 0.248 e. The molecule has 4 heteroatoms. The molecule has 4 nitrogen and oxygen atoms in total. The van der Waals surface area contributed by atoms with Crippen LogP contribution in [-0.2, 0) is 9.59 Å². The van der Waals surface area contributed by atoms with Crippen LogP contribution in [-0.4, -0.2) is 18.2 Å². The Hall–Kier alpha value is -1.68. The Balaban J connectivity index is 2.60. The van der Waals surface area contributed by atoms with E-state index in [0.29, 0.717) is 12.0 Å². The van der Waals surface area contributed by atoms with E-state index in [2.05, 4.69) is 5.32 Å². The molecule has 0 saturated heterocycles. The fourth-order valence-electron chi connectivity index (χ4n) is 0.809. The Kier molecular flexibility index (Phi) is 3.16. The Morgan fingerprint density at radius 1 is 1.38 bits per heavy atom. The quantitative estimate of drug-likeness (QED) is 0.511. The number of carbonyl (C=O) groups is 2. The van der Waals surface area contributed by atoms with Crippen LogP contribution in [0.1, 0.15) is 0 Å². The number of aldehydes is 1. The lowest BCUT2D eigenvalue weighted by atomic mass is 10.3. The van der Waals surface area contributed by atoms with Gasteiger partial charge in [-0.15, -0.1) is 0 Å². The van der Waals surface area contributed by atoms with E-state index in [0.717, 1.165) is 0 Å². The Morgan fingerprint density at radius 3 is 2.54 bits per heavy atom. The minimum atomic E-state index is -1.10. The molecular formula is C9H10N2O2. The van der Waals surface area contributed by atoms with Crippen LogP contribution < -0.4 is 11.1 Å². The van der Waals surface area contributed by atoms with Gasteiger partial charge in [-0.25, -0.2) is 0 Å². The lowest BCUT2D eigenvalue weighted by Gasteiger charge is -2.05. The molecule has 0 saturated carbocycles. The van der Waals surface area contributed by atoms with E-state index in [-0.39, 0.29) is 0 Å². The molecule has 1 rings (SSSR count). The number of hydrogen-bond donors (Lipinski definition) is 2. The molecule has 0 aliphatic carbocycles. The van der Waals surface area contributed by atoms with Gasteiger partial charge in [-0.05, 0) is 12.1 Å². The average molecular weight is 178 g/mol.